The third kappa shape index (κ3) is 4.53. The molecule has 0 atom stereocenters. The van der Waals surface area contributed by atoms with E-state index in [-0.39, 0.29) is 5.78 Å². The van der Waals surface area contributed by atoms with Gasteiger partial charge in [0.05, 0.1) is 19.5 Å². The summed E-state index contributed by atoms with van der Waals surface area (Å²) in [4.78, 5) is 15.9. The SMILES string of the molecule is O=C(c1ccccc1)c1oc2cc3c(cc2c1-c1ccc(OCCN2CCOCC2)cc1)CC=CO3. The van der Waals surface area contributed by atoms with Crippen LogP contribution < -0.4 is 9.47 Å². The van der Waals surface area contributed by atoms with Gasteiger partial charge in [-0.2, -0.15) is 0 Å². The molecule has 36 heavy (non-hydrogen) atoms. The number of carbonyl (C=O) groups excluding carboxylic acids is 1. The number of hydrogen-bond acceptors (Lipinski definition) is 6. The standard InChI is InChI=1S/C30H27NO5/c32-29(22-5-2-1-3-6-22)30-28(25-19-23-7-4-15-35-26(23)20-27(25)36-30)21-8-10-24(11-9-21)34-18-14-31-12-16-33-17-13-31/h1-6,8-11,15,19-20H,7,12-14,16-18H2. The maximum absolute atomic E-state index is 13.5. The molecule has 6 rings (SSSR count). The van der Waals surface area contributed by atoms with Crippen molar-refractivity contribution in [2.75, 3.05) is 39.5 Å². The minimum atomic E-state index is -0.148. The lowest BCUT2D eigenvalue weighted by Crippen LogP contribution is -2.38. The number of ketones is 1. The first-order chi connectivity index (χ1) is 17.8. The fourth-order valence-corrected chi connectivity index (χ4v) is 4.74. The first-order valence-corrected chi connectivity index (χ1v) is 12.3. The molecule has 0 radical (unpaired) electrons. The summed E-state index contributed by atoms with van der Waals surface area (Å²) in [6.45, 7) is 4.93. The largest absolute Gasteiger partial charge is 0.492 e. The Morgan fingerprint density at radius 3 is 2.58 bits per heavy atom. The number of rotatable bonds is 7. The quantitative estimate of drug-likeness (QED) is 0.325. The summed E-state index contributed by atoms with van der Waals surface area (Å²) in [5.74, 6) is 1.73. The number of furan rings is 1. The van der Waals surface area contributed by atoms with Crippen LogP contribution in [-0.2, 0) is 11.2 Å². The molecule has 0 saturated carbocycles. The van der Waals surface area contributed by atoms with E-state index < -0.39 is 0 Å². The molecule has 0 aliphatic carbocycles. The molecule has 1 fully saturated rings. The number of fused-ring (bicyclic) bond motifs is 2. The lowest BCUT2D eigenvalue weighted by atomic mass is 9.96. The van der Waals surface area contributed by atoms with Crippen LogP contribution in [0.25, 0.3) is 22.1 Å². The van der Waals surface area contributed by atoms with Crippen LogP contribution in [0.2, 0.25) is 0 Å². The fraction of sp³-hybridized carbons (Fsp3) is 0.233. The molecule has 3 aromatic carbocycles. The Labute approximate surface area is 209 Å². The van der Waals surface area contributed by atoms with Gasteiger partial charge in [0.2, 0.25) is 5.78 Å². The van der Waals surface area contributed by atoms with Crippen LogP contribution in [0, 0.1) is 0 Å². The van der Waals surface area contributed by atoms with Crippen molar-refractivity contribution in [3.63, 3.8) is 0 Å². The topological polar surface area (TPSA) is 61.1 Å². The van der Waals surface area contributed by atoms with E-state index >= 15 is 0 Å². The molecule has 6 heteroatoms. The molecule has 1 saturated heterocycles. The molecule has 2 aliphatic rings. The second-order valence-electron chi connectivity index (χ2n) is 8.98. The third-order valence-electron chi connectivity index (χ3n) is 6.67. The van der Waals surface area contributed by atoms with Gasteiger partial charge in [-0.15, -0.1) is 0 Å². The molecule has 2 aliphatic heterocycles. The Morgan fingerprint density at radius 2 is 1.78 bits per heavy atom. The smallest absolute Gasteiger partial charge is 0.228 e. The van der Waals surface area contributed by atoms with Gasteiger partial charge in [-0.05, 0) is 41.8 Å². The predicted octanol–water partition coefficient (Wildman–Crippen LogP) is 5.49. The van der Waals surface area contributed by atoms with Gasteiger partial charge in [0.25, 0.3) is 0 Å². The van der Waals surface area contributed by atoms with Gasteiger partial charge in [0.1, 0.15) is 23.7 Å². The molecular weight excluding hydrogens is 454 g/mol. The van der Waals surface area contributed by atoms with Crippen molar-refractivity contribution >= 4 is 16.8 Å². The molecule has 0 unspecified atom stereocenters. The fourth-order valence-electron chi connectivity index (χ4n) is 4.74. The van der Waals surface area contributed by atoms with Crippen LogP contribution in [0.3, 0.4) is 0 Å². The molecular formula is C30H27NO5. The highest BCUT2D eigenvalue weighted by atomic mass is 16.5. The summed E-state index contributed by atoms with van der Waals surface area (Å²) in [6, 6.07) is 21.1. The van der Waals surface area contributed by atoms with Crippen LogP contribution in [0.1, 0.15) is 21.7 Å². The van der Waals surface area contributed by atoms with Crippen molar-refractivity contribution in [1.29, 1.82) is 0 Å². The molecule has 6 nitrogen and oxygen atoms in total. The molecule has 0 N–H and O–H groups in total. The summed E-state index contributed by atoms with van der Waals surface area (Å²) in [7, 11) is 0. The van der Waals surface area contributed by atoms with E-state index in [9.17, 15) is 4.79 Å². The first-order valence-electron chi connectivity index (χ1n) is 12.3. The highest BCUT2D eigenvalue weighted by Crippen LogP contribution is 2.40. The number of benzene rings is 3. The van der Waals surface area contributed by atoms with Gasteiger partial charge in [-0.25, -0.2) is 0 Å². The highest BCUT2D eigenvalue weighted by molar-refractivity contribution is 6.15. The van der Waals surface area contributed by atoms with E-state index in [1.54, 1.807) is 6.26 Å². The van der Waals surface area contributed by atoms with Crippen LogP contribution in [-0.4, -0.2) is 50.1 Å². The van der Waals surface area contributed by atoms with Crippen LogP contribution in [0.15, 0.2) is 83.5 Å². The Balaban J connectivity index is 1.32. The van der Waals surface area contributed by atoms with Gasteiger partial charge in [-0.1, -0.05) is 42.5 Å². The Morgan fingerprint density at radius 1 is 0.972 bits per heavy atom. The van der Waals surface area contributed by atoms with E-state index in [4.69, 9.17) is 18.6 Å². The van der Waals surface area contributed by atoms with E-state index in [1.165, 1.54) is 0 Å². The lowest BCUT2D eigenvalue weighted by Gasteiger charge is -2.26. The first kappa shape index (κ1) is 22.6. The van der Waals surface area contributed by atoms with Crippen molar-refractivity contribution in [2.45, 2.75) is 6.42 Å². The van der Waals surface area contributed by atoms with Gasteiger partial charge in [0.15, 0.2) is 5.76 Å². The lowest BCUT2D eigenvalue weighted by molar-refractivity contribution is 0.0322. The Kier molecular flexibility index (Phi) is 6.28. The number of nitrogens with zero attached hydrogens (tertiary/aromatic N) is 1. The zero-order valence-corrected chi connectivity index (χ0v) is 19.9. The van der Waals surface area contributed by atoms with Crippen molar-refractivity contribution < 1.29 is 23.4 Å². The van der Waals surface area contributed by atoms with Crippen LogP contribution in [0.5, 0.6) is 11.5 Å². The summed E-state index contributed by atoms with van der Waals surface area (Å²) in [6.07, 6.45) is 4.44. The van der Waals surface area contributed by atoms with E-state index in [0.29, 0.717) is 23.5 Å². The van der Waals surface area contributed by atoms with Gasteiger partial charge < -0.3 is 18.6 Å². The molecule has 0 bridgehead atoms. The maximum atomic E-state index is 13.5. The zero-order chi connectivity index (χ0) is 24.3. The molecule has 0 spiro atoms. The summed E-state index contributed by atoms with van der Waals surface area (Å²) in [5, 5.41) is 0.896. The number of hydrogen-bond donors (Lipinski definition) is 0. The van der Waals surface area contributed by atoms with E-state index in [1.807, 2.05) is 66.7 Å². The Bertz CT molecular complexity index is 1400. The average Bonchev–Trinajstić information content (AvgIpc) is 3.31. The van der Waals surface area contributed by atoms with E-state index in [2.05, 4.69) is 11.0 Å². The predicted molar refractivity (Wildman–Crippen MR) is 138 cm³/mol. The van der Waals surface area contributed by atoms with Crippen molar-refractivity contribution in [1.82, 2.24) is 4.90 Å². The normalized spacial score (nSPS) is 15.4. The van der Waals surface area contributed by atoms with Gasteiger partial charge in [0, 0.05) is 42.2 Å². The van der Waals surface area contributed by atoms with Crippen molar-refractivity contribution in [2.24, 2.45) is 0 Å². The third-order valence-corrected chi connectivity index (χ3v) is 6.67. The van der Waals surface area contributed by atoms with Crippen LogP contribution in [0.4, 0.5) is 0 Å². The van der Waals surface area contributed by atoms with Crippen molar-refractivity contribution in [3.8, 4) is 22.6 Å². The summed E-state index contributed by atoms with van der Waals surface area (Å²) < 4.78 is 23.3. The second-order valence-corrected chi connectivity index (χ2v) is 8.98. The molecule has 3 heterocycles. The highest BCUT2D eigenvalue weighted by Gasteiger charge is 2.25. The molecule has 182 valence electrons. The zero-order valence-electron chi connectivity index (χ0n) is 19.9. The van der Waals surface area contributed by atoms with Gasteiger partial charge in [-0.3, -0.25) is 9.69 Å². The number of allylic oxidation sites excluding steroid dienone is 1. The number of ether oxygens (including phenoxy) is 3. The number of carbonyl (C=O) groups is 1. The van der Waals surface area contributed by atoms with Crippen molar-refractivity contribution in [3.05, 3.63) is 96.0 Å². The molecule has 0 amide bonds. The minimum absolute atomic E-state index is 0.148. The second kappa shape index (κ2) is 10.0. The molecule has 4 aromatic rings. The monoisotopic (exact) mass is 481 g/mol. The minimum Gasteiger partial charge on any atom is -0.492 e. The average molecular weight is 482 g/mol. The summed E-state index contributed by atoms with van der Waals surface area (Å²) in [5.41, 5.74) is 3.97. The maximum Gasteiger partial charge on any atom is 0.228 e. The van der Waals surface area contributed by atoms with Gasteiger partial charge >= 0.3 is 0 Å². The summed E-state index contributed by atoms with van der Waals surface area (Å²) >= 11 is 0. The van der Waals surface area contributed by atoms with Crippen LogP contribution >= 0.6 is 0 Å². The Hall–Kier alpha value is -3.87. The van der Waals surface area contributed by atoms with E-state index in [0.717, 1.165) is 72.8 Å². The molecule has 1 aromatic heterocycles. The number of morpholine rings is 1.